The lowest BCUT2D eigenvalue weighted by Crippen LogP contribution is -2.17. The van der Waals surface area contributed by atoms with Gasteiger partial charge < -0.3 is 4.57 Å². The molecule has 1 aliphatic carbocycles. The van der Waals surface area contributed by atoms with E-state index in [1.165, 1.54) is 23.8 Å². The lowest BCUT2D eigenvalue weighted by molar-refractivity contribution is 0.824. The van der Waals surface area contributed by atoms with E-state index in [1.54, 1.807) is 10.6 Å². The van der Waals surface area contributed by atoms with Crippen molar-refractivity contribution in [2.24, 2.45) is 13.0 Å². The van der Waals surface area contributed by atoms with Gasteiger partial charge in [-0.25, -0.2) is 0 Å². The van der Waals surface area contributed by atoms with Crippen molar-refractivity contribution < 1.29 is 0 Å². The minimum atomic E-state index is 0.106. The van der Waals surface area contributed by atoms with Gasteiger partial charge in [-0.1, -0.05) is 18.2 Å². The average Bonchev–Trinajstić information content (AvgIpc) is 3.10. The molecule has 16 heavy (non-hydrogen) atoms. The number of nitrogens with zero attached hydrogens (tertiary/aromatic N) is 1. The molecule has 0 amide bonds. The summed E-state index contributed by atoms with van der Waals surface area (Å²) < 4.78 is 1.73. The Kier molecular flexibility index (Phi) is 2.10. The van der Waals surface area contributed by atoms with E-state index in [0.29, 0.717) is 0 Å². The van der Waals surface area contributed by atoms with Gasteiger partial charge in [0.15, 0.2) is 0 Å². The van der Waals surface area contributed by atoms with Gasteiger partial charge in [0, 0.05) is 18.5 Å². The molecular formula is C14H15NO. The van der Waals surface area contributed by atoms with Crippen LogP contribution in [0.15, 0.2) is 35.1 Å². The van der Waals surface area contributed by atoms with Crippen LogP contribution in [0.2, 0.25) is 0 Å². The van der Waals surface area contributed by atoms with E-state index < -0.39 is 0 Å². The van der Waals surface area contributed by atoms with E-state index in [-0.39, 0.29) is 5.56 Å². The Morgan fingerprint density at radius 2 is 2.06 bits per heavy atom. The fraction of sp³-hybridized carbons (Fsp3) is 0.357. The monoisotopic (exact) mass is 213 g/mol. The summed E-state index contributed by atoms with van der Waals surface area (Å²) in [6.07, 6.45) is 3.71. The second kappa shape index (κ2) is 3.48. The van der Waals surface area contributed by atoms with Gasteiger partial charge in [-0.2, -0.15) is 0 Å². The Balaban J connectivity index is 2.26. The fourth-order valence-electron chi connectivity index (χ4n) is 2.28. The Labute approximate surface area is 94.5 Å². The van der Waals surface area contributed by atoms with Gasteiger partial charge >= 0.3 is 0 Å². The van der Waals surface area contributed by atoms with E-state index in [4.69, 9.17) is 0 Å². The first kappa shape index (κ1) is 9.64. The van der Waals surface area contributed by atoms with E-state index in [0.717, 1.165) is 17.9 Å². The molecule has 82 valence electrons. The number of hydrogen-bond donors (Lipinski definition) is 0. The van der Waals surface area contributed by atoms with Crippen molar-refractivity contribution in [1.29, 1.82) is 0 Å². The normalized spacial score (nSPS) is 15.6. The molecule has 2 heteroatoms. The molecule has 0 bridgehead atoms. The van der Waals surface area contributed by atoms with Crippen LogP contribution in [0.5, 0.6) is 0 Å². The summed E-state index contributed by atoms with van der Waals surface area (Å²) in [5, 5.41) is 1.23. The predicted molar refractivity (Wildman–Crippen MR) is 65.6 cm³/mol. The lowest BCUT2D eigenvalue weighted by atomic mass is 10.0. The molecule has 0 atom stereocenters. The Morgan fingerprint density at radius 3 is 2.81 bits per heavy atom. The van der Waals surface area contributed by atoms with E-state index in [9.17, 15) is 4.79 Å². The van der Waals surface area contributed by atoms with Crippen molar-refractivity contribution in [2.45, 2.75) is 19.3 Å². The van der Waals surface area contributed by atoms with Gasteiger partial charge in [0.1, 0.15) is 0 Å². The Hall–Kier alpha value is -1.57. The number of aryl methyl sites for hydroxylation is 1. The van der Waals surface area contributed by atoms with Gasteiger partial charge in [-0.15, -0.1) is 0 Å². The smallest absolute Gasteiger partial charge is 0.251 e. The lowest BCUT2D eigenvalue weighted by Gasteiger charge is -2.09. The van der Waals surface area contributed by atoms with Crippen molar-refractivity contribution in [3.8, 4) is 0 Å². The second-order valence-corrected chi connectivity index (χ2v) is 4.73. The second-order valence-electron chi connectivity index (χ2n) is 4.73. The maximum absolute atomic E-state index is 11.8. The number of pyridine rings is 1. The number of benzene rings is 1. The molecular weight excluding hydrogens is 198 g/mol. The first-order valence-corrected chi connectivity index (χ1v) is 5.83. The molecule has 1 aliphatic rings. The van der Waals surface area contributed by atoms with Gasteiger partial charge in [0.25, 0.3) is 5.56 Å². The van der Waals surface area contributed by atoms with Crippen LogP contribution in [-0.4, -0.2) is 4.57 Å². The first-order chi connectivity index (χ1) is 7.75. The molecule has 1 aromatic heterocycles. The van der Waals surface area contributed by atoms with Crippen molar-refractivity contribution in [2.75, 3.05) is 0 Å². The molecule has 0 radical (unpaired) electrons. The highest BCUT2D eigenvalue weighted by Gasteiger charge is 2.22. The molecule has 1 saturated carbocycles. The summed E-state index contributed by atoms with van der Waals surface area (Å²) in [7, 11) is 1.84. The summed E-state index contributed by atoms with van der Waals surface area (Å²) in [6, 6.07) is 9.98. The molecule has 2 nitrogen and oxygen atoms in total. The first-order valence-electron chi connectivity index (χ1n) is 5.83. The van der Waals surface area contributed by atoms with Crippen molar-refractivity contribution >= 4 is 10.9 Å². The molecule has 0 unspecified atom stereocenters. The van der Waals surface area contributed by atoms with Crippen LogP contribution in [0.1, 0.15) is 18.4 Å². The number of hydrogen-bond acceptors (Lipinski definition) is 1. The summed E-state index contributed by atoms with van der Waals surface area (Å²) in [6.45, 7) is 0. The highest BCUT2D eigenvalue weighted by Crippen LogP contribution is 2.33. The average molecular weight is 213 g/mol. The third-order valence-electron chi connectivity index (χ3n) is 3.45. The number of rotatable bonds is 2. The number of para-hydroxylation sites is 1. The predicted octanol–water partition coefficient (Wildman–Crippen LogP) is 2.49. The Bertz CT molecular complexity index is 593. The van der Waals surface area contributed by atoms with E-state index >= 15 is 0 Å². The molecule has 2 aromatic rings. The van der Waals surface area contributed by atoms with Crippen LogP contribution in [0, 0.1) is 5.92 Å². The third kappa shape index (κ3) is 1.54. The van der Waals surface area contributed by atoms with Crippen LogP contribution in [0.3, 0.4) is 0 Å². The summed E-state index contributed by atoms with van der Waals surface area (Å²) >= 11 is 0. The third-order valence-corrected chi connectivity index (χ3v) is 3.45. The summed E-state index contributed by atoms with van der Waals surface area (Å²) in [5.74, 6) is 0.815. The summed E-state index contributed by atoms with van der Waals surface area (Å²) in [5.41, 5.74) is 2.38. The SMILES string of the molecule is Cn1c(=O)cc(CC2CC2)c2ccccc21. The Morgan fingerprint density at radius 1 is 1.31 bits per heavy atom. The maximum atomic E-state index is 11.8. The zero-order chi connectivity index (χ0) is 11.1. The number of aromatic nitrogens is 1. The minimum absolute atomic E-state index is 0.106. The fourth-order valence-corrected chi connectivity index (χ4v) is 2.28. The molecule has 0 spiro atoms. The van der Waals surface area contributed by atoms with Gasteiger partial charge in [0.2, 0.25) is 0 Å². The van der Waals surface area contributed by atoms with Gasteiger partial charge in [-0.05, 0) is 36.8 Å². The highest BCUT2D eigenvalue weighted by molar-refractivity contribution is 5.82. The molecule has 0 aliphatic heterocycles. The zero-order valence-corrected chi connectivity index (χ0v) is 9.44. The van der Waals surface area contributed by atoms with Crippen LogP contribution in [0.25, 0.3) is 10.9 Å². The molecule has 1 heterocycles. The van der Waals surface area contributed by atoms with Crippen LogP contribution in [0.4, 0.5) is 0 Å². The molecule has 1 aromatic carbocycles. The molecule has 0 saturated heterocycles. The maximum Gasteiger partial charge on any atom is 0.251 e. The van der Waals surface area contributed by atoms with E-state index in [1.807, 2.05) is 25.2 Å². The standard InChI is InChI=1S/C14H15NO/c1-15-13-5-3-2-4-12(13)11(9-14(15)16)8-10-6-7-10/h2-5,9-10H,6-8H2,1H3. The van der Waals surface area contributed by atoms with Crippen LogP contribution < -0.4 is 5.56 Å². The quantitative estimate of drug-likeness (QED) is 0.751. The molecule has 0 N–H and O–H groups in total. The largest absolute Gasteiger partial charge is 0.311 e. The zero-order valence-electron chi connectivity index (χ0n) is 9.44. The topological polar surface area (TPSA) is 22.0 Å². The van der Waals surface area contributed by atoms with Gasteiger partial charge in [0.05, 0.1) is 5.52 Å². The van der Waals surface area contributed by atoms with Crippen molar-refractivity contribution in [3.05, 3.63) is 46.2 Å². The minimum Gasteiger partial charge on any atom is -0.311 e. The van der Waals surface area contributed by atoms with E-state index in [2.05, 4.69) is 6.07 Å². The number of fused-ring (bicyclic) bond motifs is 1. The summed E-state index contributed by atoms with van der Waals surface area (Å²) in [4.78, 5) is 11.8. The van der Waals surface area contributed by atoms with Gasteiger partial charge in [-0.3, -0.25) is 4.79 Å². The van der Waals surface area contributed by atoms with Crippen molar-refractivity contribution in [1.82, 2.24) is 4.57 Å². The highest BCUT2D eigenvalue weighted by atomic mass is 16.1. The van der Waals surface area contributed by atoms with Crippen molar-refractivity contribution in [3.63, 3.8) is 0 Å². The molecule has 1 fully saturated rings. The molecule has 3 rings (SSSR count). The van der Waals surface area contributed by atoms with Crippen LogP contribution >= 0.6 is 0 Å². The van der Waals surface area contributed by atoms with Crippen LogP contribution in [-0.2, 0) is 13.5 Å².